The molecule has 1 spiro atoms. The molecule has 2 saturated carbocycles. The third-order valence-corrected chi connectivity index (χ3v) is 5.80. The van der Waals surface area contributed by atoms with Gasteiger partial charge in [-0.05, 0) is 49.5 Å². The molecule has 0 aromatic heterocycles. The van der Waals surface area contributed by atoms with Crippen LogP contribution in [0.4, 0.5) is 0 Å². The normalized spacial score (nSPS) is 48.9. The number of rotatable bonds is 1. The molecule has 0 radical (unpaired) electrons. The second-order valence-corrected chi connectivity index (χ2v) is 6.53. The van der Waals surface area contributed by atoms with Crippen molar-refractivity contribution in [1.29, 1.82) is 0 Å². The van der Waals surface area contributed by atoms with E-state index >= 15 is 0 Å². The number of hydrogen-bond acceptors (Lipinski definition) is 2. The lowest BCUT2D eigenvalue weighted by molar-refractivity contribution is -0.124. The van der Waals surface area contributed by atoms with E-state index in [1.807, 2.05) is 13.2 Å². The third kappa shape index (κ3) is 1.33. The fraction of sp³-hybridized carbons (Fsp3) is 0.800. The van der Waals surface area contributed by atoms with Gasteiger partial charge in [-0.1, -0.05) is 19.4 Å². The van der Waals surface area contributed by atoms with Crippen molar-refractivity contribution in [2.24, 2.45) is 16.7 Å². The maximum absolute atomic E-state index is 12.2. The Labute approximate surface area is 103 Å². The molecule has 0 aliphatic heterocycles. The molecule has 2 unspecified atom stereocenters. The number of ether oxygens (including phenoxy) is 1. The zero-order chi connectivity index (χ0) is 12.3. The molecule has 2 fully saturated rings. The average molecular weight is 234 g/mol. The van der Waals surface area contributed by atoms with Crippen LogP contribution in [-0.2, 0) is 9.53 Å². The van der Waals surface area contributed by atoms with Gasteiger partial charge in [0.15, 0.2) is 5.78 Å². The summed E-state index contributed by atoms with van der Waals surface area (Å²) in [5.41, 5.74) is 1.63. The van der Waals surface area contributed by atoms with Crippen molar-refractivity contribution in [3.63, 3.8) is 0 Å². The van der Waals surface area contributed by atoms with E-state index in [9.17, 15) is 4.79 Å². The molecule has 2 heteroatoms. The Kier molecular flexibility index (Phi) is 2.32. The fourth-order valence-corrected chi connectivity index (χ4v) is 4.56. The van der Waals surface area contributed by atoms with Crippen molar-refractivity contribution in [2.75, 3.05) is 7.11 Å². The summed E-state index contributed by atoms with van der Waals surface area (Å²) in [7, 11) is 1.83. The van der Waals surface area contributed by atoms with Crippen LogP contribution in [0, 0.1) is 16.7 Å². The van der Waals surface area contributed by atoms with Crippen molar-refractivity contribution in [3.8, 4) is 0 Å². The summed E-state index contributed by atoms with van der Waals surface area (Å²) in [4.78, 5) is 12.2. The fourth-order valence-electron chi connectivity index (χ4n) is 4.56. The van der Waals surface area contributed by atoms with E-state index in [-0.39, 0.29) is 10.8 Å². The summed E-state index contributed by atoms with van der Waals surface area (Å²) >= 11 is 0. The quantitative estimate of drug-likeness (QED) is 0.697. The van der Waals surface area contributed by atoms with Crippen LogP contribution in [0.3, 0.4) is 0 Å². The number of carbonyl (C=O) groups is 1. The molecule has 3 rings (SSSR count). The molecular formula is C15H22O2. The molecule has 0 heterocycles. The molecule has 4 atom stereocenters. The van der Waals surface area contributed by atoms with Crippen molar-refractivity contribution in [3.05, 3.63) is 11.6 Å². The van der Waals surface area contributed by atoms with Gasteiger partial charge in [0, 0.05) is 12.5 Å². The van der Waals surface area contributed by atoms with Gasteiger partial charge in [-0.15, -0.1) is 0 Å². The van der Waals surface area contributed by atoms with Crippen LogP contribution in [0.25, 0.3) is 0 Å². The Morgan fingerprint density at radius 3 is 2.88 bits per heavy atom. The highest BCUT2D eigenvalue weighted by Crippen LogP contribution is 2.64. The van der Waals surface area contributed by atoms with E-state index in [2.05, 4.69) is 13.8 Å². The van der Waals surface area contributed by atoms with Gasteiger partial charge >= 0.3 is 0 Å². The van der Waals surface area contributed by atoms with Crippen molar-refractivity contribution >= 4 is 5.78 Å². The van der Waals surface area contributed by atoms with Gasteiger partial charge in [-0.3, -0.25) is 4.79 Å². The highest BCUT2D eigenvalue weighted by Gasteiger charge is 2.58. The standard InChI is InChI=1S/C15H22O2/c1-10-12(17-3)5-4-11-8-13(16)14(2)6-7-15(10,11)9-14/h8,10,12H,4-7,9H2,1-3H3/t10?,12?,14-,15+/m0/s1. The summed E-state index contributed by atoms with van der Waals surface area (Å²) in [5, 5.41) is 0. The lowest BCUT2D eigenvalue weighted by Gasteiger charge is -2.48. The molecule has 0 saturated heterocycles. The van der Waals surface area contributed by atoms with Gasteiger partial charge in [0.25, 0.3) is 0 Å². The monoisotopic (exact) mass is 234 g/mol. The number of carbonyl (C=O) groups excluding carboxylic acids is 1. The number of fused-ring (bicyclic) bond motifs is 1. The maximum Gasteiger partial charge on any atom is 0.161 e. The lowest BCUT2D eigenvalue weighted by atomic mass is 9.57. The molecule has 94 valence electrons. The van der Waals surface area contributed by atoms with Crippen molar-refractivity contribution in [2.45, 2.75) is 52.1 Å². The van der Waals surface area contributed by atoms with E-state index in [1.165, 1.54) is 12.0 Å². The number of hydrogen-bond donors (Lipinski definition) is 0. The second-order valence-electron chi connectivity index (χ2n) is 6.53. The molecule has 0 aromatic carbocycles. The number of ketones is 1. The predicted octanol–water partition coefficient (Wildman–Crippen LogP) is 3.12. The predicted molar refractivity (Wildman–Crippen MR) is 66.7 cm³/mol. The first-order valence-electron chi connectivity index (χ1n) is 6.80. The average Bonchev–Trinajstić information content (AvgIpc) is 2.62. The van der Waals surface area contributed by atoms with Gasteiger partial charge in [-0.2, -0.15) is 0 Å². The van der Waals surface area contributed by atoms with Crippen LogP contribution in [-0.4, -0.2) is 19.0 Å². The molecule has 3 aliphatic rings. The SMILES string of the molecule is COC1CCC2=CC(=O)[C@@]3(C)CC[C@@]2(C3)C1C. The van der Waals surface area contributed by atoms with Crippen molar-refractivity contribution < 1.29 is 9.53 Å². The van der Waals surface area contributed by atoms with Crippen LogP contribution >= 0.6 is 0 Å². The molecule has 3 aliphatic carbocycles. The van der Waals surface area contributed by atoms with E-state index in [0.29, 0.717) is 17.8 Å². The first-order chi connectivity index (χ1) is 8.02. The van der Waals surface area contributed by atoms with E-state index < -0.39 is 0 Å². The molecule has 2 nitrogen and oxygen atoms in total. The molecular weight excluding hydrogens is 212 g/mol. The van der Waals surface area contributed by atoms with Crippen LogP contribution in [0.2, 0.25) is 0 Å². The number of methoxy groups -OCH3 is 1. The van der Waals surface area contributed by atoms with E-state index in [1.54, 1.807) is 0 Å². The van der Waals surface area contributed by atoms with Crippen LogP contribution in [0.15, 0.2) is 11.6 Å². The largest absolute Gasteiger partial charge is 0.381 e. The van der Waals surface area contributed by atoms with Gasteiger partial charge in [-0.25, -0.2) is 0 Å². The zero-order valence-electron chi connectivity index (χ0n) is 11.1. The smallest absolute Gasteiger partial charge is 0.161 e. The van der Waals surface area contributed by atoms with Crippen LogP contribution in [0.5, 0.6) is 0 Å². The molecule has 0 N–H and O–H groups in total. The highest BCUT2D eigenvalue weighted by atomic mass is 16.5. The first kappa shape index (κ1) is 11.5. The van der Waals surface area contributed by atoms with Crippen molar-refractivity contribution in [1.82, 2.24) is 0 Å². The van der Waals surface area contributed by atoms with Crippen LogP contribution < -0.4 is 0 Å². The zero-order valence-corrected chi connectivity index (χ0v) is 11.1. The lowest BCUT2D eigenvalue weighted by Crippen LogP contribution is -2.45. The summed E-state index contributed by atoms with van der Waals surface area (Å²) in [5.74, 6) is 0.936. The third-order valence-electron chi connectivity index (χ3n) is 5.80. The minimum absolute atomic E-state index is 0.0760. The summed E-state index contributed by atoms with van der Waals surface area (Å²) in [6.07, 6.45) is 7.81. The highest BCUT2D eigenvalue weighted by molar-refractivity contribution is 5.97. The summed E-state index contributed by atoms with van der Waals surface area (Å²) in [6.45, 7) is 4.48. The van der Waals surface area contributed by atoms with Crippen LogP contribution in [0.1, 0.15) is 46.0 Å². The Hall–Kier alpha value is -0.630. The Balaban J connectivity index is 2.05. The summed E-state index contributed by atoms with van der Waals surface area (Å²) in [6, 6.07) is 0. The maximum atomic E-state index is 12.2. The van der Waals surface area contributed by atoms with Gasteiger partial charge < -0.3 is 4.74 Å². The minimum Gasteiger partial charge on any atom is -0.381 e. The summed E-state index contributed by atoms with van der Waals surface area (Å²) < 4.78 is 5.65. The Bertz CT molecular complexity index is 398. The molecule has 2 bridgehead atoms. The first-order valence-corrected chi connectivity index (χ1v) is 6.80. The molecule has 17 heavy (non-hydrogen) atoms. The Morgan fingerprint density at radius 2 is 2.18 bits per heavy atom. The molecule has 0 aromatic rings. The van der Waals surface area contributed by atoms with E-state index in [4.69, 9.17) is 4.74 Å². The Morgan fingerprint density at radius 1 is 1.41 bits per heavy atom. The number of allylic oxidation sites excluding steroid dienone is 2. The van der Waals surface area contributed by atoms with E-state index in [0.717, 1.165) is 25.7 Å². The second kappa shape index (κ2) is 3.44. The van der Waals surface area contributed by atoms with Gasteiger partial charge in [0.2, 0.25) is 0 Å². The van der Waals surface area contributed by atoms with Gasteiger partial charge in [0.1, 0.15) is 0 Å². The molecule has 0 amide bonds. The minimum atomic E-state index is -0.0760. The topological polar surface area (TPSA) is 26.3 Å². The van der Waals surface area contributed by atoms with Gasteiger partial charge in [0.05, 0.1) is 6.10 Å².